The monoisotopic (exact) mass is 452 g/mol. The maximum Gasteiger partial charge on any atom is 0.508 e. The molecule has 5 rings (SSSR count). The van der Waals surface area contributed by atoms with Gasteiger partial charge in [-0.2, -0.15) is 0 Å². The van der Waals surface area contributed by atoms with Crippen LogP contribution >= 0.6 is 0 Å². The predicted octanol–water partition coefficient (Wildman–Crippen LogP) is 4.23. The van der Waals surface area contributed by atoms with Crippen LogP contribution in [0.5, 0.6) is 0 Å². The first kappa shape index (κ1) is 22.3. The van der Waals surface area contributed by atoms with Gasteiger partial charge in [0.15, 0.2) is 0 Å². The minimum Gasteiger partial charge on any atom is -0.434 e. The molecule has 6 atom stereocenters. The Kier molecular flexibility index (Phi) is 7.07. The molecule has 180 valence electrons. The van der Waals surface area contributed by atoms with E-state index in [1.54, 1.807) is 0 Å². The molecule has 0 aromatic carbocycles. The molecule has 0 aromatic heterocycles. The molecule has 0 N–H and O–H groups in total. The average molecular weight is 453 g/mol. The third-order valence-electron chi connectivity index (χ3n) is 7.94. The predicted molar refractivity (Wildman–Crippen MR) is 112 cm³/mol. The molecule has 5 fully saturated rings. The van der Waals surface area contributed by atoms with Crippen molar-refractivity contribution in [2.45, 2.75) is 88.6 Å². The third kappa shape index (κ3) is 6.28. The Morgan fingerprint density at radius 3 is 1.22 bits per heavy atom. The van der Waals surface area contributed by atoms with Crippen molar-refractivity contribution in [2.24, 2.45) is 23.7 Å². The Morgan fingerprint density at radius 2 is 0.844 bits per heavy atom. The second-order valence-electron chi connectivity index (χ2n) is 10.4. The lowest BCUT2D eigenvalue weighted by molar-refractivity contribution is 0.0142. The zero-order valence-corrected chi connectivity index (χ0v) is 18.8. The fraction of sp³-hybridized carbons (Fsp3) is 0.917. The summed E-state index contributed by atoms with van der Waals surface area (Å²) in [5, 5.41) is 0. The number of carbonyl (C=O) groups is 2. The second-order valence-corrected chi connectivity index (χ2v) is 10.4. The summed E-state index contributed by atoms with van der Waals surface area (Å²) in [6, 6.07) is 0. The van der Waals surface area contributed by atoms with Crippen molar-refractivity contribution >= 4 is 12.3 Å². The van der Waals surface area contributed by atoms with Crippen molar-refractivity contribution in [1.29, 1.82) is 0 Å². The lowest BCUT2D eigenvalue weighted by Gasteiger charge is -2.27. The molecule has 3 saturated carbocycles. The summed E-state index contributed by atoms with van der Waals surface area (Å²) in [6.07, 6.45) is 10.7. The van der Waals surface area contributed by atoms with Gasteiger partial charge in [-0.15, -0.1) is 0 Å². The first-order chi connectivity index (χ1) is 15.6. The molecule has 0 radical (unpaired) electrons. The minimum absolute atomic E-state index is 0.348. The van der Waals surface area contributed by atoms with E-state index >= 15 is 0 Å². The van der Waals surface area contributed by atoms with Crippen LogP contribution < -0.4 is 0 Å². The molecule has 2 aliphatic heterocycles. The first-order valence-corrected chi connectivity index (χ1v) is 12.5. The van der Waals surface area contributed by atoms with Gasteiger partial charge in [0, 0.05) is 0 Å². The molecule has 0 aromatic rings. The van der Waals surface area contributed by atoms with E-state index in [4.69, 9.17) is 28.4 Å². The number of fused-ring (bicyclic) bond motifs is 2. The summed E-state index contributed by atoms with van der Waals surface area (Å²) in [7, 11) is 0. The van der Waals surface area contributed by atoms with E-state index in [-0.39, 0.29) is 0 Å². The fourth-order valence-corrected chi connectivity index (χ4v) is 5.67. The molecule has 2 heterocycles. The lowest BCUT2D eigenvalue weighted by Crippen LogP contribution is -2.26. The largest absolute Gasteiger partial charge is 0.508 e. The van der Waals surface area contributed by atoms with Gasteiger partial charge >= 0.3 is 12.3 Å². The van der Waals surface area contributed by atoms with Crippen LogP contribution in [-0.4, -0.2) is 63.2 Å². The number of hydrogen-bond acceptors (Lipinski definition) is 8. The van der Waals surface area contributed by atoms with Gasteiger partial charge in [0.1, 0.15) is 0 Å². The quantitative estimate of drug-likeness (QED) is 0.399. The van der Waals surface area contributed by atoms with Gasteiger partial charge in [-0.3, -0.25) is 0 Å². The highest BCUT2D eigenvalue weighted by Crippen LogP contribution is 2.40. The molecule has 3 aliphatic carbocycles. The van der Waals surface area contributed by atoms with Crippen LogP contribution in [0.1, 0.15) is 64.2 Å². The van der Waals surface area contributed by atoms with E-state index in [0.29, 0.717) is 74.5 Å². The molecule has 0 bridgehead atoms. The average Bonchev–Trinajstić information content (AvgIpc) is 3.73. The summed E-state index contributed by atoms with van der Waals surface area (Å²) in [4.78, 5) is 23.8. The maximum atomic E-state index is 11.9. The third-order valence-corrected chi connectivity index (χ3v) is 7.94. The first-order valence-electron chi connectivity index (χ1n) is 12.5. The van der Waals surface area contributed by atoms with Crippen molar-refractivity contribution in [3.05, 3.63) is 0 Å². The van der Waals surface area contributed by atoms with Crippen molar-refractivity contribution in [3.63, 3.8) is 0 Å². The molecule has 8 nitrogen and oxygen atoms in total. The van der Waals surface area contributed by atoms with Crippen molar-refractivity contribution in [3.8, 4) is 0 Å². The molecule has 2 saturated heterocycles. The van der Waals surface area contributed by atoms with Gasteiger partial charge in [0.25, 0.3) is 0 Å². The van der Waals surface area contributed by atoms with Gasteiger partial charge < -0.3 is 28.4 Å². The van der Waals surface area contributed by atoms with Gasteiger partial charge in [-0.05, 0) is 87.9 Å². The summed E-state index contributed by atoms with van der Waals surface area (Å²) in [5.41, 5.74) is 0. The van der Waals surface area contributed by atoms with Crippen LogP contribution in [0.15, 0.2) is 0 Å². The van der Waals surface area contributed by atoms with E-state index in [9.17, 15) is 9.59 Å². The lowest BCUT2D eigenvalue weighted by atomic mass is 9.83. The van der Waals surface area contributed by atoms with E-state index in [0.717, 1.165) is 64.2 Å². The molecule has 0 amide bonds. The van der Waals surface area contributed by atoms with Crippen LogP contribution in [0.4, 0.5) is 9.59 Å². The van der Waals surface area contributed by atoms with Gasteiger partial charge in [0.2, 0.25) is 0 Å². The zero-order valence-electron chi connectivity index (χ0n) is 18.8. The van der Waals surface area contributed by atoms with Gasteiger partial charge in [0.05, 0.1) is 50.8 Å². The van der Waals surface area contributed by atoms with Crippen LogP contribution in [0.25, 0.3) is 0 Å². The normalized spacial score (nSPS) is 39.8. The fourth-order valence-electron chi connectivity index (χ4n) is 5.67. The van der Waals surface area contributed by atoms with Gasteiger partial charge in [-0.1, -0.05) is 0 Å². The molecule has 0 spiro atoms. The maximum absolute atomic E-state index is 11.9. The Bertz CT molecular complexity index is 604. The zero-order chi connectivity index (χ0) is 21.9. The Hall–Kier alpha value is -1.54. The van der Waals surface area contributed by atoms with E-state index < -0.39 is 12.3 Å². The van der Waals surface area contributed by atoms with Crippen LogP contribution in [-0.2, 0) is 28.4 Å². The molecule has 5 aliphatic rings. The molecular weight excluding hydrogens is 416 g/mol. The Balaban J connectivity index is 0.880. The number of ether oxygens (including phenoxy) is 6. The number of carbonyl (C=O) groups excluding carboxylic acids is 2. The van der Waals surface area contributed by atoms with Crippen LogP contribution in [0, 0.1) is 23.7 Å². The summed E-state index contributed by atoms with van der Waals surface area (Å²) in [6.45, 7) is 1.67. The Morgan fingerprint density at radius 1 is 0.500 bits per heavy atom. The van der Waals surface area contributed by atoms with Crippen molar-refractivity contribution in [2.75, 3.05) is 26.4 Å². The van der Waals surface area contributed by atoms with Crippen LogP contribution in [0.3, 0.4) is 0 Å². The number of rotatable bonds is 8. The SMILES string of the molecule is O=C(OCC1CCC(COC(=O)OC[C@H]2CC[C@H]3OC3C2)CC1)OCC1CCC2OC2C1. The number of epoxide rings is 2. The standard InChI is InChI=1S/C24H36O8/c25-23(29-13-17-5-7-19-21(9-17)31-19)27-11-15-1-2-16(4-3-15)12-28-24(26)30-14-18-6-8-20-22(10-18)32-20/h15-22H,1-14H2/t15?,16?,17-,18?,19+,20?,21?,22?/m0/s1. The molecule has 32 heavy (non-hydrogen) atoms. The molecule has 8 heteroatoms. The topological polar surface area (TPSA) is 96.1 Å². The summed E-state index contributed by atoms with van der Waals surface area (Å²) < 4.78 is 32.3. The van der Waals surface area contributed by atoms with Crippen LogP contribution in [0.2, 0.25) is 0 Å². The van der Waals surface area contributed by atoms with Crippen molar-refractivity contribution in [1.82, 2.24) is 0 Å². The molecular formula is C24H36O8. The second kappa shape index (κ2) is 10.2. The minimum atomic E-state index is -0.557. The highest BCUT2D eigenvalue weighted by atomic mass is 16.7. The highest BCUT2D eigenvalue weighted by molar-refractivity contribution is 5.60. The van der Waals surface area contributed by atoms with E-state index in [1.165, 1.54) is 0 Å². The van der Waals surface area contributed by atoms with E-state index in [1.807, 2.05) is 0 Å². The number of hydrogen-bond donors (Lipinski definition) is 0. The molecule has 4 unspecified atom stereocenters. The summed E-state index contributed by atoms with van der Waals surface area (Å²) >= 11 is 0. The van der Waals surface area contributed by atoms with E-state index in [2.05, 4.69) is 0 Å². The summed E-state index contributed by atoms with van der Waals surface area (Å²) in [5.74, 6) is 1.49. The highest BCUT2D eigenvalue weighted by Gasteiger charge is 2.44. The van der Waals surface area contributed by atoms with Crippen molar-refractivity contribution < 1.29 is 38.0 Å². The smallest absolute Gasteiger partial charge is 0.434 e. The van der Waals surface area contributed by atoms with Gasteiger partial charge in [-0.25, -0.2) is 9.59 Å². The Labute approximate surface area is 189 Å².